The summed E-state index contributed by atoms with van der Waals surface area (Å²) in [6.07, 6.45) is 1.10. The van der Waals surface area contributed by atoms with E-state index in [4.69, 9.17) is 4.74 Å². The lowest BCUT2D eigenvalue weighted by molar-refractivity contribution is -0.131. The number of piperazine rings is 1. The van der Waals surface area contributed by atoms with E-state index in [2.05, 4.69) is 16.3 Å². The Balaban J connectivity index is 1.37. The van der Waals surface area contributed by atoms with Crippen molar-refractivity contribution in [3.8, 4) is 5.75 Å². The highest BCUT2D eigenvalue weighted by atomic mass is 16.5. The molecule has 1 heterocycles. The first-order chi connectivity index (χ1) is 13.7. The smallest absolute Gasteiger partial charge is 0.251 e. The van der Waals surface area contributed by atoms with Crippen LogP contribution in [0.15, 0.2) is 54.6 Å². The van der Waals surface area contributed by atoms with Gasteiger partial charge in [-0.1, -0.05) is 24.3 Å². The topological polar surface area (TPSA) is 61.9 Å². The number of ether oxygens (including phenoxy) is 1. The van der Waals surface area contributed by atoms with Crippen LogP contribution in [-0.4, -0.2) is 56.5 Å². The number of hydrogen-bond donors (Lipinski definition) is 1. The van der Waals surface area contributed by atoms with Crippen LogP contribution in [0.1, 0.15) is 23.2 Å². The molecule has 0 saturated carbocycles. The molecule has 6 nitrogen and oxygen atoms in total. The summed E-state index contributed by atoms with van der Waals surface area (Å²) in [5.74, 6) is 0.896. The number of amides is 2. The zero-order valence-electron chi connectivity index (χ0n) is 16.3. The van der Waals surface area contributed by atoms with Crippen LogP contribution in [0, 0.1) is 0 Å². The molecule has 2 aromatic carbocycles. The fraction of sp³-hybridized carbons (Fsp3) is 0.364. The van der Waals surface area contributed by atoms with Crippen LogP contribution in [0.5, 0.6) is 5.75 Å². The molecular weight excluding hydrogens is 354 g/mol. The summed E-state index contributed by atoms with van der Waals surface area (Å²) < 4.78 is 5.28. The Morgan fingerprint density at radius 2 is 1.75 bits per heavy atom. The van der Waals surface area contributed by atoms with E-state index in [-0.39, 0.29) is 11.8 Å². The van der Waals surface area contributed by atoms with Gasteiger partial charge >= 0.3 is 0 Å². The molecule has 1 aliphatic heterocycles. The van der Waals surface area contributed by atoms with Gasteiger partial charge in [0.05, 0.1) is 7.11 Å². The van der Waals surface area contributed by atoms with E-state index in [0.717, 1.165) is 24.5 Å². The molecule has 28 heavy (non-hydrogen) atoms. The molecule has 1 N–H and O–H groups in total. The lowest BCUT2D eigenvalue weighted by atomic mass is 10.2. The second-order valence-electron chi connectivity index (χ2n) is 6.79. The van der Waals surface area contributed by atoms with Crippen LogP contribution < -0.4 is 15.0 Å². The first-order valence-electron chi connectivity index (χ1n) is 9.67. The molecule has 1 saturated heterocycles. The van der Waals surface area contributed by atoms with Crippen molar-refractivity contribution in [2.24, 2.45) is 0 Å². The van der Waals surface area contributed by atoms with Crippen molar-refractivity contribution in [3.05, 3.63) is 60.2 Å². The number of carbonyl (C=O) groups is 2. The van der Waals surface area contributed by atoms with E-state index in [1.165, 1.54) is 0 Å². The van der Waals surface area contributed by atoms with Gasteiger partial charge in [0.15, 0.2) is 0 Å². The Morgan fingerprint density at radius 3 is 2.46 bits per heavy atom. The number of carbonyl (C=O) groups excluding carboxylic acids is 2. The third-order valence-electron chi connectivity index (χ3n) is 4.94. The fourth-order valence-electron chi connectivity index (χ4n) is 3.31. The Bertz CT molecular complexity index is 787. The van der Waals surface area contributed by atoms with E-state index >= 15 is 0 Å². The molecule has 0 bridgehead atoms. The molecule has 1 fully saturated rings. The normalized spacial score (nSPS) is 13.9. The first kappa shape index (κ1) is 19.7. The average Bonchev–Trinajstić information content (AvgIpc) is 2.77. The van der Waals surface area contributed by atoms with Crippen molar-refractivity contribution in [2.75, 3.05) is 44.7 Å². The van der Waals surface area contributed by atoms with Crippen LogP contribution in [0.3, 0.4) is 0 Å². The van der Waals surface area contributed by atoms with Crippen molar-refractivity contribution in [1.82, 2.24) is 10.2 Å². The minimum Gasteiger partial charge on any atom is -0.497 e. The highest BCUT2D eigenvalue weighted by Gasteiger charge is 2.21. The van der Waals surface area contributed by atoms with Crippen molar-refractivity contribution < 1.29 is 14.3 Å². The molecule has 6 heteroatoms. The summed E-state index contributed by atoms with van der Waals surface area (Å²) in [5, 5.41) is 2.87. The summed E-state index contributed by atoms with van der Waals surface area (Å²) in [6, 6.07) is 17.1. The third kappa shape index (κ3) is 5.25. The molecule has 0 radical (unpaired) electrons. The predicted molar refractivity (Wildman–Crippen MR) is 110 cm³/mol. The maximum Gasteiger partial charge on any atom is 0.251 e. The molecule has 0 atom stereocenters. The van der Waals surface area contributed by atoms with E-state index in [1.54, 1.807) is 19.2 Å². The molecule has 0 aliphatic carbocycles. The number of nitrogens with zero attached hydrogens (tertiary/aromatic N) is 2. The van der Waals surface area contributed by atoms with E-state index in [0.29, 0.717) is 38.0 Å². The number of nitrogens with one attached hydrogen (secondary N) is 1. The van der Waals surface area contributed by atoms with Crippen LogP contribution in [0.25, 0.3) is 0 Å². The second kappa shape index (κ2) is 9.78. The molecule has 0 spiro atoms. The van der Waals surface area contributed by atoms with Gasteiger partial charge in [-0.3, -0.25) is 9.59 Å². The van der Waals surface area contributed by atoms with Gasteiger partial charge < -0.3 is 19.9 Å². The summed E-state index contributed by atoms with van der Waals surface area (Å²) in [4.78, 5) is 28.6. The molecular formula is C22H27N3O3. The fourth-order valence-corrected chi connectivity index (χ4v) is 3.31. The maximum atomic E-state index is 12.4. The quantitative estimate of drug-likeness (QED) is 0.749. The average molecular weight is 381 g/mol. The van der Waals surface area contributed by atoms with E-state index in [9.17, 15) is 9.59 Å². The zero-order valence-corrected chi connectivity index (χ0v) is 16.3. The van der Waals surface area contributed by atoms with Gasteiger partial charge in [0.2, 0.25) is 5.91 Å². The zero-order chi connectivity index (χ0) is 19.8. The molecule has 0 unspecified atom stereocenters. The highest BCUT2D eigenvalue weighted by Crippen LogP contribution is 2.22. The van der Waals surface area contributed by atoms with Gasteiger partial charge in [0.1, 0.15) is 5.75 Å². The largest absolute Gasteiger partial charge is 0.497 e. The second-order valence-corrected chi connectivity index (χ2v) is 6.79. The predicted octanol–water partition coefficient (Wildman–Crippen LogP) is 2.55. The van der Waals surface area contributed by atoms with Gasteiger partial charge in [-0.25, -0.2) is 0 Å². The van der Waals surface area contributed by atoms with Gasteiger partial charge in [-0.2, -0.15) is 0 Å². The standard InChI is InChI=1S/C22H27N3O3/c1-28-20-10-5-9-19(17-20)24-13-15-25(16-14-24)21(26)11-6-12-23-22(27)18-7-3-2-4-8-18/h2-5,7-10,17H,6,11-16H2,1H3,(H,23,27). The Hall–Kier alpha value is -3.02. The minimum absolute atomic E-state index is 0.0973. The summed E-state index contributed by atoms with van der Waals surface area (Å²) in [6.45, 7) is 3.55. The summed E-state index contributed by atoms with van der Waals surface area (Å²) in [7, 11) is 1.66. The SMILES string of the molecule is COc1cccc(N2CCN(C(=O)CCCNC(=O)c3ccccc3)CC2)c1. The monoisotopic (exact) mass is 381 g/mol. The minimum atomic E-state index is -0.0973. The van der Waals surface area contributed by atoms with Gasteiger partial charge in [-0.05, 0) is 30.7 Å². The lowest BCUT2D eigenvalue weighted by Gasteiger charge is -2.36. The Morgan fingerprint density at radius 1 is 1.00 bits per heavy atom. The number of rotatable bonds is 7. The Labute approximate surface area is 166 Å². The van der Waals surface area contributed by atoms with Crippen molar-refractivity contribution in [3.63, 3.8) is 0 Å². The first-order valence-corrected chi connectivity index (χ1v) is 9.67. The molecule has 2 aromatic rings. The number of benzene rings is 2. The molecule has 1 aliphatic rings. The molecule has 0 aromatic heterocycles. The molecule has 148 valence electrons. The third-order valence-corrected chi connectivity index (χ3v) is 4.94. The molecule has 2 amide bonds. The number of hydrogen-bond acceptors (Lipinski definition) is 4. The highest BCUT2D eigenvalue weighted by molar-refractivity contribution is 5.94. The summed E-state index contributed by atoms with van der Waals surface area (Å²) >= 11 is 0. The van der Waals surface area contributed by atoms with Crippen molar-refractivity contribution >= 4 is 17.5 Å². The van der Waals surface area contributed by atoms with Crippen LogP contribution in [-0.2, 0) is 4.79 Å². The summed E-state index contributed by atoms with van der Waals surface area (Å²) in [5.41, 5.74) is 1.76. The van der Waals surface area contributed by atoms with Crippen LogP contribution in [0.4, 0.5) is 5.69 Å². The van der Waals surface area contributed by atoms with Gasteiger partial charge in [0.25, 0.3) is 5.91 Å². The van der Waals surface area contributed by atoms with E-state index < -0.39 is 0 Å². The van der Waals surface area contributed by atoms with Gasteiger partial charge in [-0.15, -0.1) is 0 Å². The Kier molecular flexibility index (Phi) is 6.89. The number of anilines is 1. The molecule has 3 rings (SSSR count). The van der Waals surface area contributed by atoms with E-state index in [1.807, 2.05) is 41.3 Å². The van der Waals surface area contributed by atoms with Gasteiger partial charge in [0, 0.05) is 56.5 Å². The van der Waals surface area contributed by atoms with Crippen LogP contribution in [0.2, 0.25) is 0 Å². The lowest BCUT2D eigenvalue weighted by Crippen LogP contribution is -2.48. The van der Waals surface area contributed by atoms with Crippen molar-refractivity contribution in [2.45, 2.75) is 12.8 Å². The maximum absolute atomic E-state index is 12.4. The van der Waals surface area contributed by atoms with Crippen molar-refractivity contribution in [1.29, 1.82) is 0 Å². The van der Waals surface area contributed by atoms with Crippen LogP contribution >= 0.6 is 0 Å². The number of methoxy groups -OCH3 is 1.